The van der Waals surface area contributed by atoms with Crippen LogP contribution < -0.4 is 41.7 Å². The topological polar surface area (TPSA) is 216 Å². The van der Waals surface area contributed by atoms with Gasteiger partial charge in [-0.3, -0.25) is 13.8 Å². The molecule has 394 valence electrons. The Bertz CT molecular complexity index is 3140. The smallest absolute Gasteiger partial charge is 0.328 e. The molecule has 8 rings (SSSR count). The Morgan fingerprint density at radius 1 is 0.653 bits per heavy atom. The molecule has 2 aliphatic rings. The number of halogens is 4. The van der Waals surface area contributed by atoms with E-state index in [0.29, 0.717) is 70.4 Å². The third-order valence-electron chi connectivity index (χ3n) is 12.0. The van der Waals surface area contributed by atoms with Crippen LogP contribution in [0.4, 0.5) is 56.1 Å². The number of hydrogen-bond donors (Lipinski definition) is 6. The van der Waals surface area contributed by atoms with Crippen LogP contribution in [0.1, 0.15) is 89.9 Å². The monoisotopic (exact) mass is 1050 g/mol. The van der Waals surface area contributed by atoms with Crippen LogP contribution in [0.15, 0.2) is 78.0 Å². The maximum absolute atomic E-state index is 14.9. The molecule has 22 heteroatoms. The van der Waals surface area contributed by atoms with Gasteiger partial charge in [-0.15, -0.1) is 0 Å². The van der Waals surface area contributed by atoms with Gasteiger partial charge in [0.25, 0.3) is 11.8 Å². The van der Waals surface area contributed by atoms with E-state index in [1.807, 2.05) is 33.8 Å². The van der Waals surface area contributed by atoms with Crippen LogP contribution in [0.2, 0.25) is 0 Å². The Balaban J connectivity index is 0.000000221. The van der Waals surface area contributed by atoms with E-state index in [4.69, 9.17) is 4.98 Å². The standard InChI is InChI=1S/C29H35F2N7O2.C24H23F2N5O3S/c1-5-12-33-27(39)19-11-10-18(4)20(15-19)24-21-16-35-29(40)38(25-22(30)8-6-9-23(25)31)26(21)37-28(36-24)34-14-7-13-32-17(2)3;1-4-10-27-22(32)14-9-8-13(2)15(11-14)19-16-12-28-24(33)31(20-17(25)6-5-7-18(20)26)21(16)30-23(29-19)35(3)34/h6,8-11,15,17,32H,5,7,12-14,16H2,1-4H3,(H,33,39)(H,35,40)(H,34,36,37);5-9,11H,4,10,12H2,1-3H3,(H,27,32)(H,28,33). The molecule has 0 bridgehead atoms. The van der Waals surface area contributed by atoms with Crippen molar-refractivity contribution in [3.63, 3.8) is 0 Å². The van der Waals surface area contributed by atoms with Gasteiger partial charge in [0.15, 0.2) is 11.6 Å². The second-order valence-electron chi connectivity index (χ2n) is 17.9. The lowest BCUT2D eigenvalue weighted by Crippen LogP contribution is -2.43. The van der Waals surface area contributed by atoms with Crippen LogP contribution >= 0.6 is 0 Å². The summed E-state index contributed by atoms with van der Waals surface area (Å²) in [7, 11) is -1.68. The van der Waals surface area contributed by atoms with E-state index in [0.717, 1.165) is 71.0 Å². The number of nitrogens with one attached hydrogen (secondary N) is 6. The number of fused-ring (bicyclic) bond motifs is 2. The normalized spacial score (nSPS) is 13.2. The van der Waals surface area contributed by atoms with Gasteiger partial charge in [0.1, 0.15) is 34.6 Å². The van der Waals surface area contributed by atoms with Crippen LogP contribution in [0.5, 0.6) is 0 Å². The molecule has 6 amide bonds. The zero-order valence-electron chi connectivity index (χ0n) is 42.5. The zero-order valence-corrected chi connectivity index (χ0v) is 43.3. The van der Waals surface area contributed by atoms with E-state index in [-0.39, 0.29) is 47.6 Å². The van der Waals surface area contributed by atoms with Gasteiger partial charge in [-0.1, -0.05) is 52.0 Å². The molecule has 0 spiro atoms. The molecule has 0 fully saturated rings. The lowest BCUT2D eigenvalue weighted by molar-refractivity contribution is 0.0945. The fourth-order valence-electron chi connectivity index (χ4n) is 8.17. The number of aromatic nitrogens is 4. The van der Waals surface area contributed by atoms with Crippen LogP contribution in [0.3, 0.4) is 0 Å². The zero-order chi connectivity index (χ0) is 54.1. The molecule has 0 saturated heterocycles. The van der Waals surface area contributed by atoms with Crippen molar-refractivity contribution >= 4 is 63.6 Å². The number of carbonyl (C=O) groups is 4. The summed E-state index contributed by atoms with van der Waals surface area (Å²) in [6.07, 6.45) is 3.71. The van der Waals surface area contributed by atoms with E-state index >= 15 is 0 Å². The van der Waals surface area contributed by atoms with Crippen molar-refractivity contribution in [3.05, 3.63) is 129 Å². The lowest BCUT2D eigenvalue weighted by atomic mass is 9.97. The number of amides is 6. The number of rotatable bonds is 17. The molecule has 4 heterocycles. The highest BCUT2D eigenvalue weighted by molar-refractivity contribution is 7.84. The number of carbonyl (C=O) groups excluding carboxylic acids is 4. The molecule has 0 aliphatic carbocycles. The van der Waals surface area contributed by atoms with Gasteiger partial charge in [0.05, 0.1) is 35.3 Å². The van der Waals surface area contributed by atoms with Gasteiger partial charge >= 0.3 is 12.1 Å². The molecule has 0 radical (unpaired) electrons. The maximum atomic E-state index is 14.9. The number of benzene rings is 4. The first kappa shape index (κ1) is 54.9. The number of urea groups is 2. The van der Waals surface area contributed by atoms with Gasteiger partial charge in [0, 0.05) is 65.3 Å². The second-order valence-corrected chi connectivity index (χ2v) is 19.2. The molecule has 4 aromatic carbocycles. The SMILES string of the molecule is CCCNC(=O)c1ccc(C)c(-c2nc(NCCCNC(C)C)nc3c2CNC(=O)N3c2c(F)cccc2F)c1.CCCNC(=O)c1ccc(C)c(-c2nc(S(C)=O)nc3c2CNC(=O)N3c2c(F)cccc2F)c1. The Labute approximate surface area is 434 Å². The first-order valence-electron chi connectivity index (χ1n) is 24.4. The molecule has 0 saturated carbocycles. The van der Waals surface area contributed by atoms with Crippen molar-refractivity contribution in [2.45, 2.75) is 85.1 Å². The van der Waals surface area contributed by atoms with Crippen molar-refractivity contribution in [1.82, 2.24) is 46.5 Å². The van der Waals surface area contributed by atoms with Crippen molar-refractivity contribution in [1.29, 1.82) is 0 Å². The first-order chi connectivity index (χ1) is 35.9. The van der Waals surface area contributed by atoms with Crippen LogP contribution in [0.25, 0.3) is 22.5 Å². The Morgan fingerprint density at radius 2 is 1.11 bits per heavy atom. The first-order valence-corrected chi connectivity index (χ1v) is 25.9. The predicted molar refractivity (Wildman–Crippen MR) is 280 cm³/mol. The fraction of sp³-hybridized carbons (Fsp3) is 0.321. The molecule has 17 nitrogen and oxygen atoms in total. The van der Waals surface area contributed by atoms with Crippen LogP contribution in [0, 0.1) is 37.1 Å². The molecular weight excluding hydrogens is 993 g/mol. The van der Waals surface area contributed by atoms with Gasteiger partial charge in [-0.05, 0) is 99.3 Å². The number of anilines is 5. The maximum Gasteiger partial charge on any atom is 0.328 e. The third kappa shape index (κ3) is 12.4. The van der Waals surface area contributed by atoms with Crippen molar-refractivity contribution in [2.24, 2.45) is 0 Å². The number of hydrogen-bond acceptors (Lipinski definition) is 11. The van der Waals surface area contributed by atoms with E-state index in [2.05, 4.69) is 60.7 Å². The summed E-state index contributed by atoms with van der Waals surface area (Å²) in [5, 5.41) is 17.4. The molecule has 2 aliphatic heterocycles. The summed E-state index contributed by atoms with van der Waals surface area (Å²) in [4.78, 5) is 70.9. The highest BCUT2D eigenvalue weighted by Gasteiger charge is 2.36. The number of aryl methyl sites for hydroxylation is 2. The summed E-state index contributed by atoms with van der Waals surface area (Å²) >= 11 is 0. The van der Waals surface area contributed by atoms with E-state index in [1.165, 1.54) is 18.4 Å². The van der Waals surface area contributed by atoms with Gasteiger partial charge in [0.2, 0.25) is 11.1 Å². The quantitative estimate of drug-likeness (QED) is 0.0288. The van der Waals surface area contributed by atoms with Gasteiger partial charge in [-0.25, -0.2) is 51.9 Å². The lowest BCUT2D eigenvalue weighted by Gasteiger charge is -2.31. The highest BCUT2D eigenvalue weighted by atomic mass is 32.2. The average molecular weight is 1050 g/mol. The van der Waals surface area contributed by atoms with E-state index in [9.17, 15) is 40.9 Å². The van der Waals surface area contributed by atoms with E-state index in [1.54, 1.807) is 30.3 Å². The molecular formula is C53H58F4N12O5S. The Morgan fingerprint density at radius 3 is 1.55 bits per heavy atom. The van der Waals surface area contributed by atoms with Crippen LogP contribution in [-0.2, 0) is 23.9 Å². The largest absolute Gasteiger partial charge is 0.354 e. The predicted octanol–water partition coefficient (Wildman–Crippen LogP) is 9.00. The summed E-state index contributed by atoms with van der Waals surface area (Å²) in [6.45, 7) is 14.1. The third-order valence-corrected chi connectivity index (χ3v) is 12.7. The van der Waals surface area contributed by atoms with Crippen LogP contribution in [-0.4, -0.2) is 86.5 Å². The number of para-hydroxylation sites is 2. The minimum absolute atomic E-state index is 0.0294. The van der Waals surface area contributed by atoms with Gasteiger partial charge < -0.3 is 31.9 Å². The molecule has 2 aromatic heterocycles. The number of nitrogens with zero attached hydrogens (tertiary/aromatic N) is 6. The molecule has 6 N–H and O–H groups in total. The summed E-state index contributed by atoms with van der Waals surface area (Å²) < 4.78 is 71.6. The highest BCUT2D eigenvalue weighted by Crippen LogP contribution is 2.41. The minimum Gasteiger partial charge on any atom is -0.354 e. The summed E-state index contributed by atoms with van der Waals surface area (Å²) in [5.41, 5.74) is 4.11. The second kappa shape index (κ2) is 24.5. The van der Waals surface area contributed by atoms with Crippen molar-refractivity contribution in [2.75, 3.05) is 47.6 Å². The average Bonchev–Trinajstić information content (AvgIpc) is 3.39. The Kier molecular flexibility index (Phi) is 17.9. The van der Waals surface area contributed by atoms with Gasteiger partial charge in [-0.2, -0.15) is 4.98 Å². The van der Waals surface area contributed by atoms with Crippen molar-refractivity contribution in [3.8, 4) is 22.5 Å². The molecule has 1 unspecified atom stereocenters. The minimum atomic E-state index is -1.68. The Hall–Kier alpha value is -7.85. The summed E-state index contributed by atoms with van der Waals surface area (Å²) in [6, 6.07) is 15.9. The summed E-state index contributed by atoms with van der Waals surface area (Å²) in [5.74, 6) is -4.00. The van der Waals surface area contributed by atoms with E-state index < -0.39 is 57.5 Å². The fourth-order valence-corrected chi connectivity index (χ4v) is 8.60. The van der Waals surface area contributed by atoms with Crippen molar-refractivity contribution < 1.29 is 40.9 Å². The molecule has 6 aromatic rings. The molecule has 1 atom stereocenters. The molecule has 75 heavy (non-hydrogen) atoms.